The average Bonchev–Trinajstić information content (AvgIpc) is 2.53. The fraction of sp³-hybridized carbons (Fsp3) is 0.111. The van der Waals surface area contributed by atoms with Crippen LogP contribution in [-0.2, 0) is 4.79 Å². The van der Waals surface area contributed by atoms with Crippen LogP contribution in [0.4, 0.5) is 0 Å². The molecule has 1 N–H and O–H groups in total. The van der Waals surface area contributed by atoms with Crippen LogP contribution >= 0.6 is 0 Å². The van der Waals surface area contributed by atoms with E-state index in [0.29, 0.717) is 5.69 Å². The SMILES string of the molecule is C=CC(C(=O)O)n1cccc1C#N. The van der Waals surface area contributed by atoms with Crippen molar-refractivity contribution >= 4 is 5.97 Å². The first-order valence-electron chi connectivity index (χ1n) is 3.63. The number of nitriles is 1. The number of carboxylic acids is 1. The second kappa shape index (κ2) is 3.59. The van der Waals surface area contributed by atoms with Gasteiger partial charge in [0.25, 0.3) is 0 Å². The molecule has 0 fully saturated rings. The van der Waals surface area contributed by atoms with Gasteiger partial charge in [-0.05, 0) is 12.1 Å². The summed E-state index contributed by atoms with van der Waals surface area (Å²) in [5, 5.41) is 17.4. The molecule has 0 bridgehead atoms. The van der Waals surface area contributed by atoms with Crippen LogP contribution in [0.5, 0.6) is 0 Å². The highest BCUT2D eigenvalue weighted by Gasteiger charge is 2.16. The zero-order chi connectivity index (χ0) is 9.84. The van der Waals surface area contributed by atoms with Crippen LogP contribution in [0.15, 0.2) is 31.0 Å². The van der Waals surface area contributed by atoms with E-state index in [2.05, 4.69) is 6.58 Å². The molecule has 0 aliphatic rings. The van der Waals surface area contributed by atoms with Crippen molar-refractivity contribution in [1.82, 2.24) is 4.57 Å². The lowest BCUT2D eigenvalue weighted by Crippen LogP contribution is -2.16. The van der Waals surface area contributed by atoms with E-state index in [1.165, 1.54) is 10.6 Å². The minimum atomic E-state index is -1.03. The van der Waals surface area contributed by atoms with E-state index in [4.69, 9.17) is 10.4 Å². The van der Waals surface area contributed by atoms with Crippen molar-refractivity contribution in [2.75, 3.05) is 0 Å². The van der Waals surface area contributed by atoms with Crippen LogP contribution in [0, 0.1) is 11.3 Å². The Labute approximate surface area is 75.3 Å². The van der Waals surface area contributed by atoms with Crippen LogP contribution in [0.3, 0.4) is 0 Å². The number of carbonyl (C=O) groups is 1. The van der Waals surface area contributed by atoms with Crippen LogP contribution in [0.25, 0.3) is 0 Å². The molecule has 1 unspecified atom stereocenters. The van der Waals surface area contributed by atoms with E-state index in [1.54, 1.807) is 18.3 Å². The molecular weight excluding hydrogens is 168 g/mol. The third kappa shape index (κ3) is 1.59. The topological polar surface area (TPSA) is 66.0 Å². The number of rotatable bonds is 3. The summed E-state index contributed by atoms with van der Waals surface area (Å²) in [6.07, 6.45) is 2.82. The molecule has 1 aromatic heterocycles. The Morgan fingerprint density at radius 2 is 2.54 bits per heavy atom. The van der Waals surface area contributed by atoms with Crippen LogP contribution in [0.1, 0.15) is 11.7 Å². The Morgan fingerprint density at radius 1 is 1.85 bits per heavy atom. The molecule has 0 aliphatic carbocycles. The summed E-state index contributed by atoms with van der Waals surface area (Å²) < 4.78 is 1.36. The van der Waals surface area contributed by atoms with Crippen LogP contribution < -0.4 is 0 Å². The van der Waals surface area contributed by atoms with Gasteiger partial charge >= 0.3 is 5.97 Å². The Bertz CT molecular complexity index is 373. The monoisotopic (exact) mass is 176 g/mol. The predicted molar refractivity (Wildman–Crippen MR) is 46.0 cm³/mol. The van der Waals surface area contributed by atoms with Crippen molar-refractivity contribution in [2.45, 2.75) is 6.04 Å². The fourth-order valence-electron chi connectivity index (χ4n) is 1.06. The van der Waals surface area contributed by atoms with E-state index in [1.807, 2.05) is 6.07 Å². The van der Waals surface area contributed by atoms with E-state index in [0.717, 1.165) is 0 Å². The molecule has 0 aromatic carbocycles. The maximum atomic E-state index is 10.7. The molecule has 1 atom stereocenters. The van der Waals surface area contributed by atoms with Crippen molar-refractivity contribution in [1.29, 1.82) is 5.26 Å². The van der Waals surface area contributed by atoms with Gasteiger partial charge in [-0.3, -0.25) is 0 Å². The minimum absolute atomic E-state index is 0.312. The predicted octanol–water partition coefficient (Wildman–Crippen LogP) is 1.17. The molecule has 1 aromatic rings. The van der Waals surface area contributed by atoms with Gasteiger partial charge in [0, 0.05) is 6.20 Å². The molecule has 0 aliphatic heterocycles. The molecule has 0 amide bonds. The molecule has 0 spiro atoms. The second-order valence-corrected chi connectivity index (χ2v) is 2.43. The fourth-order valence-corrected chi connectivity index (χ4v) is 1.06. The summed E-state index contributed by atoms with van der Waals surface area (Å²) in [7, 11) is 0. The van der Waals surface area contributed by atoms with Gasteiger partial charge in [-0.1, -0.05) is 6.08 Å². The second-order valence-electron chi connectivity index (χ2n) is 2.43. The summed E-state index contributed by atoms with van der Waals surface area (Å²) in [5.74, 6) is -1.03. The standard InChI is InChI=1S/C9H8N2O2/c1-2-8(9(12)13)11-5-3-4-7(11)6-10/h2-5,8H,1H2,(H,12,13). The van der Waals surface area contributed by atoms with Crippen LogP contribution in [-0.4, -0.2) is 15.6 Å². The van der Waals surface area contributed by atoms with Crippen molar-refractivity contribution in [3.63, 3.8) is 0 Å². The molecule has 66 valence electrons. The molecule has 4 heteroatoms. The summed E-state index contributed by atoms with van der Waals surface area (Å²) in [4.78, 5) is 10.7. The lowest BCUT2D eigenvalue weighted by atomic mass is 10.3. The van der Waals surface area contributed by atoms with E-state index < -0.39 is 12.0 Å². The molecule has 1 rings (SSSR count). The van der Waals surface area contributed by atoms with E-state index in [-0.39, 0.29) is 0 Å². The molecule has 0 saturated carbocycles. The molecule has 4 nitrogen and oxygen atoms in total. The molecule has 13 heavy (non-hydrogen) atoms. The highest BCUT2D eigenvalue weighted by Crippen LogP contribution is 2.12. The number of nitrogens with zero attached hydrogens (tertiary/aromatic N) is 2. The van der Waals surface area contributed by atoms with Crippen LogP contribution in [0.2, 0.25) is 0 Å². The average molecular weight is 176 g/mol. The van der Waals surface area contributed by atoms with Gasteiger partial charge in [0.2, 0.25) is 0 Å². The van der Waals surface area contributed by atoms with E-state index in [9.17, 15) is 4.79 Å². The highest BCUT2D eigenvalue weighted by molar-refractivity contribution is 5.74. The first-order chi connectivity index (χ1) is 6.20. The van der Waals surface area contributed by atoms with Crippen molar-refractivity contribution in [3.8, 4) is 6.07 Å². The van der Waals surface area contributed by atoms with Gasteiger partial charge in [-0.2, -0.15) is 5.26 Å². The Morgan fingerprint density at radius 3 is 3.00 bits per heavy atom. The highest BCUT2D eigenvalue weighted by atomic mass is 16.4. The summed E-state index contributed by atoms with van der Waals surface area (Å²) >= 11 is 0. The molecular formula is C9H8N2O2. The van der Waals surface area contributed by atoms with Crippen molar-refractivity contribution in [3.05, 3.63) is 36.7 Å². The maximum absolute atomic E-state index is 10.7. The van der Waals surface area contributed by atoms with Crippen molar-refractivity contribution in [2.24, 2.45) is 0 Å². The zero-order valence-corrected chi connectivity index (χ0v) is 6.84. The molecule has 0 saturated heterocycles. The minimum Gasteiger partial charge on any atom is -0.479 e. The number of aliphatic carboxylic acids is 1. The number of hydrogen-bond acceptors (Lipinski definition) is 2. The largest absolute Gasteiger partial charge is 0.479 e. The maximum Gasteiger partial charge on any atom is 0.330 e. The lowest BCUT2D eigenvalue weighted by molar-refractivity contribution is -0.139. The normalized spacial score (nSPS) is 11.6. The van der Waals surface area contributed by atoms with Gasteiger partial charge in [-0.25, -0.2) is 4.79 Å². The Hall–Kier alpha value is -2.02. The quantitative estimate of drug-likeness (QED) is 0.703. The third-order valence-electron chi connectivity index (χ3n) is 1.67. The summed E-state index contributed by atoms with van der Waals surface area (Å²) in [6, 6.07) is 4.20. The van der Waals surface area contributed by atoms with Gasteiger partial charge in [-0.15, -0.1) is 6.58 Å². The first kappa shape index (κ1) is 9.07. The Balaban J connectivity index is 3.13. The lowest BCUT2D eigenvalue weighted by Gasteiger charge is -2.09. The molecule has 0 radical (unpaired) electrons. The van der Waals surface area contributed by atoms with Gasteiger partial charge in [0.05, 0.1) is 0 Å². The molecule has 1 heterocycles. The smallest absolute Gasteiger partial charge is 0.330 e. The first-order valence-corrected chi connectivity index (χ1v) is 3.63. The third-order valence-corrected chi connectivity index (χ3v) is 1.67. The Kier molecular flexibility index (Phi) is 2.50. The summed E-state index contributed by atoms with van der Waals surface area (Å²) in [5.41, 5.74) is 0.312. The van der Waals surface area contributed by atoms with Crippen molar-refractivity contribution < 1.29 is 9.90 Å². The van der Waals surface area contributed by atoms with E-state index >= 15 is 0 Å². The number of aromatic nitrogens is 1. The number of hydrogen-bond donors (Lipinski definition) is 1. The number of carboxylic acid groups (broad SMARTS) is 1. The zero-order valence-electron chi connectivity index (χ0n) is 6.84. The van der Waals surface area contributed by atoms with Gasteiger partial charge in [0.15, 0.2) is 0 Å². The summed E-state index contributed by atoms with van der Waals surface area (Å²) in [6.45, 7) is 3.40. The van der Waals surface area contributed by atoms with Gasteiger partial charge in [0.1, 0.15) is 17.8 Å². The van der Waals surface area contributed by atoms with Gasteiger partial charge < -0.3 is 9.67 Å².